The molecule has 2 spiro atoms. The molecule has 4 aliphatic heterocycles. The second-order valence-electron chi connectivity index (χ2n) is 19.8. The Morgan fingerprint density at radius 3 is 2.39 bits per heavy atom. The molecule has 13 nitrogen and oxygen atoms in total. The SMILES string of the molecule is COC(=O)/C(C)=C\CC1(O)C(=O)C2CC(C(C)C)C13Oc1c(CC=C(C)C)c4c(c(OP(=O)(O)O)c1C15NCCN1C1=C(C(=O)c6ccccc61)C2C53)C=CC(C)(CCC=C(C)C)O4. The minimum absolute atomic E-state index is 0.143. The summed E-state index contributed by atoms with van der Waals surface area (Å²) in [6.45, 7) is 16.3. The van der Waals surface area contributed by atoms with Crippen LogP contribution in [-0.2, 0) is 31.0 Å². The van der Waals surface area contributed by atoms with Crippen LogP contribution < -0.4 is 19.3 Å². The number of ether oxygens (including phenoxy) is 3. The lowest BCUT2D eigenvalue weighted by Crippen LogP contribution is -2.86. The average molecular weight is 895 g/mol. The number of rotatable bonds is 11. The quantitative estimate of drug-likeness (QED) is 0.0746. The summed E-state index contributed by atoms with van der Waals surface area (Å²) in [7, 11) is -4.06. The van der Waals surface area contributed by atoms with Gasteiger partial charge in [0.25, 0.3) is 0 Å². The molecule has 4 heterocycles. The van der Waals surface area contributed by atoms with E-state index >= 15 is 4.79 Å². The van der Waals surface area contributed by atoms with E-state index in [1.54, 1.807) is 13.0 Å². The zero-order valence-corrected chi connectivity index (χ0v) is 38.9. The average Bonchev–Trinajstić information content (AvgIpc) is 3.79. The third kappa shape index (κ3) is 6.17. The highest BCUT2D eigenvalue weighted by atomic mass is 31.2. The second-order valence-corrected chi connectivity index (χ2v) is 20.9. The maximum Gasteiger partial charge on any atom is 0.524 e. The lowest BCUT2D eigenvalue weighted by atomic mass is 9.38. The fourth-order valence-electron chi connectivity index (χ4n) is 12.5. The van der Waals surface area contributed by atoms with E-state index in [-0.39, 0.29) is 41.6 Å². The molecular formula is C50H59N2O11P. The topological polar surface area (TPSA) is 181 Å². The fourth-order valence-corrected chi connectivity index (χ4v) is 12.9. The predicted molar refractivity (Wildman–Crippen MR) is 240 cm³/mol. The van der Waals surface area contributed by atoms with Crippen molar-refractivity contribution in [2.24, 2.45) is 29.6 Å². The fraction of sp³-hybridized carbons (Fsp3) is 0.500. The molecule has 340 valence electrons. The van der Waals surface area contributed by atoms with Crippen molar-refractivity contribution in [1.82, 2.24) is 10.2 Å². The number of methoxy groups -OCH3 is 1. The van der Waals surface area contributed by atoms with E-state index in [4.69, 9.17) is 18.7 Å². The van der Waals surface area contributed by atoms with Crippen LogP contribution >= 0.6 is 7.82 Å². The van der Waals surface area contributed by atoms with Crippen molar-refractivity contribution in [2.75, 3.05) is 20.2 Å². The third-order valence-corrected chi connectivity index (χ3v) is 15.5. The Labute approximate surface area is 374 Å². The molecule has 8 aliphatic rings. The minimum atomic E-state index is -5.33. The summed E-state index contributed by atoms with van der Waals surface area (Å²) in [5.74, 6) is -4.22. The van der Waals surface area contributed by atoms with Crippen LogP contribution in [0.1, 0.15) is 114 Å². The van der Waals surface area contributed by atoms with Gasteiger partial charge >= 0.3 is 13.8 Å². The number of aliphatic hydroxyl groups is 1. The number of nitrogens with zero attached hydrogens (tertiary/aromatic N) is 1. The van der Waals surface area contributed by atoms with E-state index in [9.17, 15) is 29.0 Å². The van der Waals surface area contributed by atoms with Gasteiger partial charge in [-0.1, -0.05) is 67.5 Å². The first-order valence-corrected chi connectivity index (χ1v) is 23.9. The maximum atomic E-state index is 15.7. The normalized spacial score (nSPS) is 31.6. The van der Waals surface area contributed by atoms with Gasteiger partial charge < -0.3 is 28.7 Å². The van der Waals surface area contributed by atoms with Gasteiger partial charge in [-0.05, 0) is 85.3 Å². The van der Waals surface area contributed by atoms with Gasteiger partial charge in [0.05, 0.1) is 29.9 Å². The number of allylic oxidation sites excluding steroid dienone is 5. The Bertz CT molecular complexity index is 2610. The Kier molecular flexibility index (Phi) is 10.5. The van der Waals surface area contributed by atoms with Crippen molar-refractivity contribution in [3.63, 3.8) is 0 Å². The number of nitrogens with one attached hydrogen (secondary N) is 1. The molecule has 3 saturated carbocycles. The lowest BCUT2D eigenvalue weighted by Gasteiger charge is -2.73. The molecule has 2 aromatic carbocycles. The molecule has 8 atom stereocenters. The summed E-state index contributed by atoms with van der Waals surface area (Å²) >= 11 is 0. The molecule has 0 aromatic heterocycles. The summed E-state index contributed by atoms with van der Waals surface area (Å²) < 4.78 is 39.3. The van der Waals surface area contributed by atoms with Crippen LogP contribution in [0.5, 0.6) is 17.2 Å². The van der Waals surface area contributed by atoms with Crippen molar-refractivity contribution in [1.29, 1.82) is 0 Å². The van der Waals surface area contributed by atoms with Gasteiger partial charge in [-0.15, -0.1) is 0 Å². The number of carbonyl (C=O) groups excluding carboxylic acids is 3. The van der Waals surface area contributed by atoms with Gasteiger partial charge in [0, 0.05) is 65.1 Å². The zero-order valence-electron chi connectivity index (χ0n) is 38.0. The first-order chi connectivity index (χ1) is 30.2. The monoisotopic (exact) mass is 894 g/mol. The van der Waals surface area contributed by atoms with Gasteiger partial charge in [-0.3, -0.25) is 24.7 Å². The summed E-state index contributed by atoms with van der Waals surface area (Å²) in [6, 6.07) is 7.38. The summed E-state index contributed by atoms with van der Waals surface area (Å²) in [4.78, 5) is 67.4. The molecule has 4 aliphatic carbocycles. The molecule has 1 saturated heterocycles. The molecule has 0 amide bonds. The molecule has 64 heavy (non-hydrogen) atoms. The van der Waals surface area contributed by atoms with Gasteiger partial charge in [0.2, 0.25) is 0 Å². The highest BCUT2D eigenvalue weighted by Crippen LogP contribution is 2.75. The van der Waals surface area contributed by atoms with Crippen molar-refractivity contribution in [2.45, 2.75) is 110 Å². The number of phosphoric ester groups is 1. The number of phosphoric acid groups is 1. The second kappa shape index (κ2) is 15.1. The minimum Gasteiger partial charge on any atom is -0.482 e. The molecule has 2 bridgehead atoms. The van der Waals surface area contributed by atoms with Gasteiger partial charge in [0.15, 0.2) is 28.5 Å². The number of Topliss-reactive ketones (excluding diaryl/α,β-unsaturated/α-hetero) is 2. The van der Waals surface area contributed by atoms with Crippen LogP contribution in [0, 0.1) is 29.6 Å². The van der Waals surface area contributed by atoms with Gasteiger partial charge in [0.1, 0.15) is 22.8 Å². The first kappa shape index (κ1) is 44.4. The molecule has 14 heteroatoms. The highest BCUT2D eigenvalue weighted by molar-refractivity contribution is 7.46. The number of hydrogen-bond donors (Lipinski definition) is 4. The Morgan fingerprint density at radius 2 is 1.73 bits per heavy atom. The van der Waals surface area contributed by atoms with Crippen LogP contribution in [0.3, 0.4) is 0 Å². The van der Waals surface area contributed by atoms with E-state index in [0.717, 1.165) is 11.1 Å². The van der Waals surface area contributed by atoms with Crippen LogP contribution in [0.15, 0.2) is 70.9 Å². The molecule has 8 unspecified atom stereocenters. The number of esters is 1. The lowest BCUT2D eigenvalue weighted by molar-refractivity contribution is -0.286. The van der Waals surface area contributed by atoms with Crippen molar-refractivity contribution < 1.29 is 52.6 Å². The smallest absolute Gasteiger partial charge is 0.482 e. The molecule has 0 radical (unpaired) electrons. The standard InChI is InChI=1S/C50H59N2O11P/c1-26(2)13-12-20-47(8)21-19-33-41(61-47)32(17-16-27(3)4)42-38(43(33)63-64(57,58)59)50-44-36(37-39(52(50)24-23-51-50)30-14-10-11-15-31(30)40(37)53)34-25-35(28(5)6)49(44,62-42)48(56,45(34)54)22-18-29(7)46(55)60-9/h10-11,13-16,18-19,21,28,34-36,44,51,56H,12,17,20,22-25H2,1-9H3,(H2,57,58,59)/b29-18-. The van der Waals surface area contributed by atoms with Crippen LogP contribution in [0.4, 0.5) is 0 Å². The van der Waals surface area contributed by atoms with Crippen molar-refractivity contribution in [3.8, 4) is 17.2 Å². The summed E-state index contributed by atoms with van der Waals surface area (Å²) in [5.41, 5.74) is -0.574. The van der Waals surface area contributed by atoms with Crippen LogP contribution in [0.25, 0.3) is 11.8 Å². The Hall–Kier alpha value is -4.78. The van der Waals surface area contributed by atoms with E-state index in [0.29, 0.717) is 77.2 Å². The van der Waals surface area contributed by atoms with E-state index in [1.807, 2.05) is 84.9 Å². The molecule has 4 N–H and O–H groups in total. The molecular weight excluding hydrogens is 836 g/mol. The predicted octanol–water partition coefficient (Wildman–Crippen LogP) is 7.74. The summed E-state index contributed by atoms with van der Waals surface area (Å²) in [6.07, 6.45) is 10.9. The van der Waals surface area contributed by atoms with Crippen molar-refractivity contribution in [3.05, 3.63) is 98.7 Å². The maximum absolute atomic E-state index is 15.7. The molecule has 4 fully saturated rings. The number of fused-ring (bicyclic) bond motifs is 7. The molecule has 2 aromatic rings. The third-order valence-electron chi connectivity index (χ3n) is 15.1. The van der Waals surface area contributed by atoms with Crippen LogP contribution in [-0.4, -0.2) is 74.3 Å². The zero-order chi connectivity index (χ0) is 46.1. The summed E-state index contributed by atoms with van der Waals surface area (Å²) in [5, 5.41) is 17.7. The van der Waals surface area contributed by atoms with E-state index in [2.05, 4.69) is 16.3 Å². The number of ketones is 2. The van der Waals surface area contributed by atoms with Crippen molar-refractivity contribution >= 4 is 37.1 Å². The number of carbonyl (C=O) groups is 3. The van der Waals surface area contributed by atoms with Crippen LogP contribution in [0.2, 0.25) is 0 Å². The van der Waals surface area contributed by atoms with Gasteiger partial charge in [-0.2, -0.15) is 0 Å². The Morgan fingerprint density at radius 1 is 1.03 bits per heavy atom. The van der Waals surface area contributed by atoms with E-state index in [1.165, 1.54) is 13.2 Å². The van der Waals surface area contributed by atoms with E-state index < -0.39 is 65.7 Å². The highest BCUT2D eigenvalue weighted by Gasteiger charge is 2.84. The number of benzene rings is 2. The molecule has 10 rings (SSSR count). The first-order valence-electron chi connectivity index (χ1n) is 22.4. The van der Waals surface area contributed by atoms with Gasteiger partial charge in [-0.25, -0.2) is 9.36 Å². The largest absolute Gasteiger partial charge is 0.524 e. The Balaban J connectivity index is 1.44. The number of hydrogen-bond acceptors (Lipinski definition) is 11.